The van der Waals surface area contributed by atoms with Crippen LogP contribution in [-0.2, 0) is 11.2 Å². The highest BCUT2D eigenvalue weighted by atomic mass is 19.1. The largest absolute Gasteiger partial charge is 0.497 e. The Morgan fingerprint density at radius 3 is 2.82 bits per heavy atom. The summed E-state index contributed by atoms with van der Waals surface area (Å²) in [5.74, 6) is 0.469. The van der Waals surface area contributed by atoms with Gasteiger partial charge < -0.3 is 19.8 Å². The molecule has 1 unspecified atom stereocenters. The standard InChI is InChI=1S/C31H39FN2O4/c1-38-26-10-11-29-28(20-26)27(14-16-33-29)30(35)12-8-23-15-18-34(21-24(23)9-13-31(36)37)17-3-2-5-22-6-4-7-25(32)19-22/h4,6-7,10-11,14,16,19-20,23-24,30,35H,2-3,5,8-9,12-13,15,17-18,21H2,1H3,(H,36,37)/t23-,24+,30?/m1/s1. The van der Waals surface area contributed by atoms with Gasteiger partial charge in [0.15, 0.2) is 0 Å². The number of nitrogens with zero attached hydrogens (tertiary/aromatic N) is 2. The smallest absolute Gasteiger partial charge is 0.303 e. The molecule has 7 heteroatoms. The molecule has 4 rings (SSSR count). The number of hydrogen-bond acceptors (Lipinski definition) is 5. The summed E-state index contributed by atoms with van der Waals surface area (Å²) < 4.78 is 18.8. The number of ether oxygens (including phenoxy) is 1. The van der Waals surface area contributed by atoms with E-state index in [0.29, 0.717) is 24.7 Å². The Labute approximate surface area is 224 Å². The molecule has 1 aliphatic heterocycles. The van der Waals surface area contributed by atoms with Crippen LogP contribution in [0.25, 0.3) is 10.9 Å². The third-order valence-electron chi connectivity index (χ3n) is 7.94. The maximum atomic E-state index is 13.4. The molecule has 2 aromatic carbocycles. The molecule has 0 radical (unpaired) electrons. The zero-order chi connectivity index (χ0) is 26.9. The second kappa shape index (κ2) is 13.7. The lowest BCUT2D eigenvalue weighted by Gasteiger charge is -2.39. The minimum atomic E-state index is -0.756. The zero-order valence-corrected chi connectivity index (χ0v) is 22.2. The van der Waals surface area contributed by atoms with Gasteiger partial charge in [-0.05, 0) is 117 Å². The van der Waals surface area contributed by atoms with E-state index in [1.165, 1.54) is 6.07 Å². The average molecular weight is 523 g/mol. The van der Waals surface area contributed by atoms with Crippen molar-refractivity contribution < 1.29 is 24.1 Å². The second-order valence-corrected chi connectivity index (χ2v) is 10.5. The summed E-state index contributed by atoms with van der Waals surface area (Å²) in [5, 5.41) is 21.3. The number of aryl methyl sites for hydroxylation is 1. The number of piperidine rings is 1. The fourth-order valence-electron chi connectivity index (χ4n) is 5.82. The molecule has 2 N–H and O–H groups in total. The van der Waals surface area contributed by atoms with Crippen LogP contribution in [-0.4, -0.2) is 52.8 Å². The summed E-state index contributed by atoms with van der Waals surface area (Å²) in [6, 6.07) is 14.4. The van der Waals surface area contributed by atoms with Crippen LogP contribution in [0.4, 0.5) is 4.39 Å². The van der Waals surface area contributed by atoms with Crippen LogP contribution in [0.2, 0.25) is 0 Å². The van der Waals surface area contributed by atoms with Crippen LogP contribution in [0.5, 0.6) is 5.75 Å². The Hall–Kier alpha value is -3.03. The third kappa shape index (κ3) is 7.74. The van der Waals surface area contributed by atoms with Crippen LogP contribution in [0.3, 0.4) is 0 Å². The van der Waals surface area contributed by atoms with E-state index < -0.39 is 12.1 Å². The molecule has 1 fully saturated rings. The zero-order valence-electron chi connectivity index (χ0n) is 22.2. The minimum absolute atomic E-state index is 0.173. The predicted octanol–water partition coefficient (Wildman–Crippen LogP) is 6.02. The van der Waals surface area contributed by atoms with Crippen LogP contribution >= 0.6 is 0 Å². The van der Waals surface area contributed by atoms with Gasteiger partial charge in [0.1, 0.15) is 11.6 Å². The van der Waals surface area contributed by atoms with E-state index in [4.69, 9.17) is 4.74 Å². The molecule has 0 saturated carbocycles. The number of hydrogen-bond donors (Lipinski definition) is 2. The molecule has 1 aromatic heterocycles. The summed E-state index contributed by atoms with van der Waals surface area (Å²) in [6.07, 6.45) is 7.33. The number of unbranched alkanes of at least 4 members (excludes halogenated alkanes) is 1. The summed E-state index contributed by atoms with van der Waals surface area (Å²) in [7, 11) is 1.63. The molecule has 6 nitrogen and oxygen atoms in total. The molecule has 0 bridgehead atoms. The van der Waals surface area contributed by atoms with Crippen molar-refractivity contribution in [3.05, 3.63) is 71.7 Å². The van der Waals surface area contributed by atoms with Crippen molar-refractivity contribution in [2.24, 2.45) is 11.8 Å². The number of aliphatic hydroxyl groups is 1. The normalized spacial score (nSPS) is 18.9. The monoisotopic (exact) mass is 522 g/mol. The van der Waals surface area contributed by atoms with Crippen molar-refractivity contribution in [1.82, 2.24) is 9.88 Å². The minimum Gasteiger partial charge on any atom is -0.497 e. The first kappa shape index (κ1) is 28.0. The quantitative estimate of drug-likeness (QED) is 0.267. The van der Waals surface area contributed by atoms with Crippen LogP contribution < -0.4 is 4.74 Å². The first-order chi connectivity index (χ1) is 18.4. The van der Waals surface area contributed by atoms with Crippen molar-refractivity contribution in [3.8, 4) is 5.75 Å². The highest BCUT2D eigenvalue weighted by molar-refractivity contribution is 5.83. The van der Waals surface area contributed by atoms with Gasteiger partial charge in [0, 0.05) is 24.5 Å². The number of likely N-dealkylation sites (tertiary alicyclic amines) is 1. The number of aromatic nitrogens is 1. The Bertz CT molecular complexity index is 1200. The highest BCUT2D eigenvalue weighted by Crippen LogP contribution is 2.35. The van der Waals surface area contributed by atoms with Gasteiger partial charge in [-0.2, -0.15) is 0 Å². The van der Waals surface area contributed by atoms with Gasteiger partial charge in [0.25, 0.3) is 0 Å². The molecule has 3 atom stereocenters. The predicted molar refractivity (Wildman–Crippen MR) is 147 cm³/mol. The van der Waals surface area contributed by atoms with E-state index in [2.05, 4.69) is 9.88 Å². The summed E-state index contributed by atoms with van der Waals surface area (Å²) in [4.78, 5) is 18.2. The number of pyridine rings is 1. The maximum Gasteiger partial charge on any atom is 0.303 e. The van der Waals surface area contributed by atoms with E-state index in [1.54, 1.807) is 25.4 Å². The number of methoxy groups -OCH3 is 1. The number of carboxylic acid groups (broad SMARTS) is 1. The molecule has 2 heterocycles. The fraction of sp³-hybridized carbons (Fsp3) is 0.484. The van der Waals surface area contributed by atoms with Crippen LogP contribution in [0.1, 0.15) is 62.2 Å². The van der Waals surface area contributed by atoms with Gasteiger partial charge in [-0.1, -0.05) is 12.1 Å². The first-order valence-electron chi connectivity index (χ1n) is 13.7. The molecule has 3 aromatic rings. The van der Waals surface area contributed by atoms with Crippen molar-refractivity contribution in [1.29, 1.82) is 0 Å². The molecule has 0 spiro atoms. The van der Waals surface area contributed by atoms with Gasteiger partial charge in [-0.25, -0.2) is 4.39 Å². The molecule has 204 valence electrons. The van der Waals surface area contributed by atoms with Crippen molar-refractivity contribution in [3.63, 3.8) is 0 Å². The number of halogens is 1. The van der Waals surface area contributed by atoms with E-state index >= 15 is 0 Å². The fourth-order valence-corrected chi connectivity index (χ4v) is 5.82. The molecule has 0 amide bonds. The topological polar surface area (TPSA) is 82.9 Å². The molecule has 38 heavy (non-hydrogen) atoms. The third-order valence-corrected chi connectivity index (χ3v) is 7.94. The number of rotatable bonds is 13. The molecule has 1 aliphatic rings. The van der Waals surface area contributed by atoms with E-state index in [9.17, 15) is 19.4 Å². The summed E-state index contributed by atoms with van der Waals surface area (Å²) in [5.41, 5.74) is 2.71. The Morgan fingerprint density at radius 2 is 2.03 bits per heavy atom. The lowest BCUT2D eigenvalue weighted by molar-refractivity contribution is -0.137. The Morgan fingerprint density at radius 1 is 1.16 bits per heavy atom. The molecular weight excluding hydrogens is 483 g/mol. The van der Waals surface area contributed by atoms with Crippen molar-refractivity contribution >= 4 is 16.9 Å². The van der Waals surface area contributed by atoms with Crippen LogP contribution in [0, 0.1) is 17.7 Å². The van der Waals surface area contributed by atoms with Gasteiger partial charge >= 0.3 is 5.97 Å². The molecular formula is C31H39FN2O4. The van der Waals surface area contributed by atoms with Crippen molar-refractivity contribution in [2.45, 2.75) is 57.5 Å². The Kier molecular flexibility index (Phi) is 10.1. The van der Waals surface area contributed by atoms with Gasteiger partial charge in [0.2, 0.25) is 0 Å². The lowest BCUT2D eigenvalue weighted by atomic mass is 9.79. The molecule has 0 aliphatic carbocycles. The molecule has 1 saturated heterocycles. The number of aliphatic hydroxyl groups excluding tert-OH is 1. The Balaban J connectivity index is 1.32. The van der Waals surface area contributed by atoms with E-state index in [0.717, 1.165) is 79.5 Å². The maximum absolute atomic E-state index is 13.4. The number of aliphatic carboxylic acids is 1. The van der Waals surface area contributed by atoms with Gasteiger partial charge in [-0.3, -0.25) is 9.78 Å². The summed E-state index contributed by atoms with van der Waals surface area (Å²) >= 11 is 0. The lowest BCUT2D eigenvalue weighted by Crippen LogP contribution is -2.41. The first-order valence-corrected chi connectivity index (χ1v) is 13.7. The highest BCUT2D eigenvalue weighted by Gasteiger charge is 2.30. The second-order valence-electron chi connectivity index (χ2n) is 10.5. The number of fused-ring (bicyclic) bond motifs is 1. The van der Waals surface area contributed by atoms with E-state index in [1.807, 2.05) is 30.3 Å². The number of carboxylic acids is 1. The van der Waals surface area contributed by atoms with Crippen LogP contribution in [0.15, 0.2) is 54.7 Å². The van der Waals surface area contributed by atoms with Crippen molar-refractivity contribution in [2.75, 3.05) is 26.7 Å². The SMILES string of the molecule is COc1ccc2nccc(C(O)CC[C@@H]3CCN(CCCCc4cccc(F)c4)C[C@@H]3CCC(=O)O)c2c1. The van der Waals surface area contributed by atoms with Gasteiger partial charge in [0.05, 0.1) is 18.7 Å². The van der Waals surface area contributed by atoms with E-state index in [-0.39, 0.29) is 12.2 Å². The average Bonchev–Trinajstić information content (AvgIpc) is 2.92. The number of carbonyl (C=O) groups is 1. The number of benzene rings is 2. The van der Waals surface area contributed by atoms with Gasteiger partial charge in [-0.15, -0.1) is 0 Å². The summed E-state index contributed by atoms with van der Waals surface area (Å²) in [6.45, 7) is 2.85.